The van der Waals surface area contributed by atoms with Crippen molar-refractivity contribution in [3.8, 4) is 11.5 Å². The number of benzene rings is 1. The van der Waals surface area contributed by atoms with Gasteiger partial charge < -0.3 is 29.3 Å². The van der Waals surface area contributed by atoms with E-state index in [-0.39, 0.29) is 12.6 Å². The molecule has 2 aromatic rings. The molecule has 1 aromatic heterocycles. The Balaban J connectivity index is 1.62. The molecule has 2 amide bonds. The van der Waals surface area contributed by atoms with Crippen LogP contribution in [0.1, 0.15) is 11.8 Å². The molecule has 3 rings (SSSR count). The Labute approximate surface area is 168 Å². The monoisotopic (exact) mass is 403 g/mol. The van der Waals surface area contributed by atoms with Crippen molar-refractivity contribution in [3.05, 3.63) is 42.4 Å². The van der Waals surface area contributed by atoms with Crippen LogP contribution in [-0.2, 0) is 14.3 Å². The van der Waals surface area contributed by atoms with Gasteiger partial charge >= 0.3 is 11.8 Å². The zero-order valence-corrected chi connectivity index (χ0v) is 16.5. The van der Waals surface area contributed by atoms with Crippen molar-refractivity contribution in [1.29, 1.82) is 0 Å². The van der Waals surface area contributed by atoms with Gasteiger partial charge in [0.25, 0.3) is 0 Å². The molecule has 2 heterocycles. The van der Waals surface area contributed by atoms with Crippen LogP contribution in [0.25, 0.3) is 0 Å². The number of methoxy groups -OCH3 is 2. The van der Waals surface area contributed by atoms with Gasteiger partial charge in [0.1, 0.15) is 17.3 Å². The van der Waals surface area contributed by atoms with Crippen LogP contribution in [0.3, 0.4) is 0 Å². The van der Waals surface area contributed by atoms with Crippen LogP contribution in [0.2, 0.25) is 0 Å². The molecule has 1 unspecified atom stereocenters. The van der Waals surface area contributed by atoms with Crippen molar-refractivity contribution in [2.24, 2.45) is 0 Å². The van der Waals surface area contributed by atoms with E-state index in [1.807, 2.05) is 6.07 Å². The van der Waals surface area contributed by atoms with Gasteiger partial charge in [-0.25, -0.2) is 0 Å². The summed E-state index contributed by atoms with van der Waals surface area (Å²) in [5.41, 5.74) is 0.379. The maximum atomic E-state index is 12.4. The van der Waals surface area contributed by atoms with Gasteiger partial charge in [-0.2, -0.15) is 0 Å². The molecule has 2 N–H and O–H groups in total. The number of ether oxygens (including phenoxy) is 3. The van der Waals surface area contributed by atoms with Gasteiger partial charge in [0.2, 0.25) is 0 Å². The van der Waals surface area contributed by atoms with Crippen molar-refractivity contribution < 1.29 is 28.2 Å². The third-order valence-electron chi connectivity index (χ3n) is 4.68. The number of nitrogens with zero attached hydrogens (tertiary/aromatic N) is 1. The molecule has 1 aliphatic rings. The van der Waals surface area contributed by atoms with E-state index in [1.54, 1.807) is 30.5 Å². The lowest BCUT2D eigenvalue weighted by atomic mass is 10.1. The van der Waals surface area contributed by atoms with Gasteiger partial charge in [0.05, 0.1) is 45.4 Å². The Kier molecular flexibility index (Phi) is 7.09. The topological polar surface area (TPSA) is 102 Å². The second-order valence-electron chi connectivity index (χ2n) is 6.41. The average molecular weight is 403 g/mol. The van der Waals surface area contributed by atoms with E-state index in [0.29, 0.717) is 30.4 Å². The minimum Gasteiger partial charge on any atom is -0.497 e. The van der Waals surface area contributed by atoms with E-state index in [0.717, 1.165) is 18.8 Å². The molecule has 1 atom stereocenters. The molecule has 0 bridgehead atoms. The lowest BCUT2D eigenvalue weighted by Gasteiger charge is -2.33. The lowest BCUT2D eigenvalue weighted by molar-refractivity contribution is -0.136. The molecular weight excluding hydrogens is 378 g/mol. The summed E-state index contributed by atoms with van der Waals surface area (Å²) in [4.78, 5) is 26.9. The fraction of sp³-hybridized carbons (Fsp3) is 0.400. The summed E-state index contributed by atoms with van der Waals surface area (Å²) < 4.78 is 21.3. The van der Waals surface area contributed by atoms with Crippen LogP contribution in [0, 0.1) is 0 Å². The number of nitrogens with one attached hydrogen (secondary N) is 2. The third kappa shape index (κ3) is 5.27. The fourth-order valence-corrected chi connectivity index (χ4v) is 3.13. The maximum Gasteiger partial charge on any atom is 0.313 e. The molecule has 29 heavy (non-hydrogen) atoms. The number of hydrogen-bond acceptors (Lipinski definition) is 7. The number of morpholine rings is 1. The first-order valence-corrected chi connectivity index (χ1v) is 9.28. The summed E-state index contributed by atoms with van der Waals surface area (Å²) in [6.07, 6.45) is 1.59. The van der Waals surface area contributed by atoms with Crippen LogP contribution < -0.4 is 20.1 Å². The number of hydrogen-bond donors (Lipinski definition) is 2. The van der Waals surface area contributed by atoms with E-state index in [1.165, 1.54) is 14.2 Å². The van der Waals surface area contributed by atoms with Crippen LogP contribution in [-0.4, -0.2) is 63.8 Å². The predicted octanol–water partition coefficient (Wildman–Crippen LogP) is 1.42. The molecule has 9 nitrogen and oxygen atoms in total. The maximum absolute atomic E-state index is 12.4. The fourth-order valence-electron chi connectivity index (χ4n) is 3.13. The molecule has 1 saturated heterocycles. The van der Waals surface area contributed by atoms with Crippen molar-refractivity contribution in [3.63, 3.8) is 0 Å². The van der Waals surface area contributed by atoms with E-state index < -0.39 is 11.8 Å². The first kappa shape index (κ1) is 20.7. The van der Waals surface area contributed by atoms with Crippen LogP contribution >= 0.6 is 0 Å². The standard InChI is InChI=1S/C20H25N3O6/c1-26-14-5-6-15(18(12-14)27-2)22-20(25)19(24)21-13-16(17-4-3-9-29-17)23-7-10-28-11-8-23/h3-6,9,12,16H,7-8,10-11,13H2,1-2H3,(H,21,24)(H,22,25). The van der Waals surface area contributed by atoms with Crippen molar-refractivity contribution in [2.45, 2.75) is 6.04 Å². The summed E-state index contributed by atoms with van der Waals surface area (Å²) in [6.45, 7) is 2.90. The Hall–Kier alpha value is -3.04. The van der Waals surface area contributed by atoms with Gasteiger partial charge in [-0.05, 0) is 24.3 Å². The highest BCUT2D eigenvalue weighted by atomic mass is 16.5. The molecule has 9 heteroatoms. The second-order valence-corrected chi connectivity index (χ2v) is 6.41. The van der Waals surface area contributed by atoms with Crippen molar-refractivity contribution in [1.82, 2.24) is 10.2 Å². The van der Waals surface area contributed by atoms with Crippen LogP contribution in [0.15, 0.2) is 41.0 Å². The molecule has 0 spiro atoms. The predicted molar refractivity (Wildman–Crippen MR) is 105 cm³/mol. The number of carbonyl (C=O) groups excluding carboxylic acids is 2. The highest BCUT2D eigenvalue weighted by molar-refractivity contribution is 6.39. The minimum absolute atomic E-state index is 0.179. The van der Waals surface area contributed by atoms with Crippen molar-refractivity contribution in [2.75, 3.05) is 52.4 Å². The number of rotatable bonds is 7. The molecule has 1 aliphatic heterocycles. The Morgan fingerprint density at radius 3 is 2.59 bits per heavy atom. The van der Waals surface area contributed by atoms with E-state index in [9.17, 15) is 9.59 Å². The number of carbonyl (C=O) groups is 2. The summed E-state index contributed by atoms with van der Waals surface area (Å²) >= 11 is 0. The number of anilines is 1. The van der Waals surface area contributed by atoms with E-state index in [4.69, 9.17) is 18.6 Å². The van der Waals surface area contributed by atoms with Gasteiger partial charge in [0.15, 0.2) is 0 Å². The molecular formula is C20H25N3O6. The summed E-state index contributed by atoms with van der Waals surface area (Å²) in [6, 6.07) is 8.38. The quantitative estimate of drug-likeness (QED) is 0.674. The van der Waals surface area contributed by atoms with Gasteiger partial charge in [-0.15, -0.1) is 0 Å². The zero-order valence-electron chi connectivity index (χ0n) is 16.5. The zero-order chi connectivity index (χ0) is 20.6. The molecule has 0 aliphatic carbocycles. The highest BCUT2D eigenvalue weighted by Crippen LogP contribution is 2.29. The Morgan fingerprint density at radius 2 is 1.93 bits per heavy atom. The Bertz CT molecular complexity index is 818. The summed E-state index contributed by atoms with van der Waals surface area (Å²) in [5, 5.41) is 5.25. The van der Waals surface area contributed by atoms with E-state index >= 15 is 0 Å². The lowest BCUT2D eigenvalue weighted by Crippen LogP contribution is -2.45. The Morgan fingerprint density at radius 1 is 1.14 bits per heavy atom. The van der Waals surface area contributed by atoms with E-state index in [2.05, 4.69) is 15.5 Å². The largest absolute Gasteiger partial charge is 0.497 e. The van der Waals surface area contributed by atoms with Crippen molar-refractivity contribution >= 4 is 17.5 Å². The smallest absolute Gasteiger partial charge is 0.313 e. The highest BCUT2D eigenvalue weighted by Gasteiger charge is 2.26. The molecule has 0 radical (unpaired) electrons. The first-order valence-electron chi connectivity index (χ1n) is 9.28. The number of furan rings is 1. The van der Waals surface area contributed by atoms with Gasteiger partial charge in [0, 0.05) is 25.7 Å². The first-order chi connectivity index (χ1) is 14.1. The average Bonchev–Trinajstić information content (AvgIpc) is 3.29. The van der Waals surface area contributed by atoms with Crippen LogP contribution in [0.5, 0.6) is 11.5 Å². The molecule has 156 valence electrons. The van der Waals surface area contributed by atoms with Crippen LogP contribution in [0.4, 0.5) is 5.69 Å². The third-order valence-corrected chi connectivity index (χ3v) is 4.68. The summed E-state index contributed by atoms with van der Waals surface area (Å²) in [5.74, 6) is 0.175. The second kappa shape index (κ2) is 9.94. The normalized spacial score (nSPS) is 15.4. The number of amides is 2. The molecule has 0 saturated carbocycles. The molecule has 1 aromatic carbocycles. The summed E-state index contributed by atoms with van der Waals surface area (Å²) in [7, 11) is 3.01. The minimum atomic E-state index is -0.784. The van der Waals surface area contributed by atoms with Gasteiger partial charge in [-0.1, -0.05) is 0 Å². The SMILES string of the molecule is COc1ccc(NC(=O)C(=O)NCC(c2ccco2)N2CCOCC2)c(OC)c1. The van der Waals surface area contributed by atoms with Gasteiger partial charge in [-0.3, -0.25) is 14.5 Å². The molecule has 1 fully saturated rings.